The number of rotatable bonds is 5. The zero-order chi connectivity index (χ0) is 12.1. The first kappa shape index (κ1) is 13.9. The molecule has 4 unspecified atom stereocenters. The summed E-state index contributed by atoms with van der Waals surface area (Å²) in [5.74, 6) is 7.99. The molecule has 1 saturated carbocycles. The molecule has 0 radical (unpaired) electrons. The highest BCUT2D eigenvalue weighted by atomic mass is 16.5. The van der Waals surface area contributed by atoms with Crippen molar-refractivity contribution in [2.45, 2.75) is 59.1 Å². The van der Waals surface area contributed by atoms with Crippen molar-refractivity contribution in [3.05, 3.63) is 0 Å². The van der Waals surface area contributed by atoms with E-state index in [1.165, 1.54) is 19.3 Å². The summed E-state index contributed by atoms with van der Waals surface area (Å²) in [5, 5.41) is 0. The van der Waals surface area contributed by atoms with Gasteiger partial charge in [-0.05, 0) is 50.9 Å². The lowest BCUT2D eigenvalue weighted by molar-refractivity contribution is 0.0149. The van der Waals surface area contributed by atoms with Crippen LogP contribution in [0.1, 0.15) is 47.0 Å². The van der Waals surface area contributed by atoms with Crippen LogP contribution in [0.4, 0.5) is 0 Å². The van der Waals surface area contributed by atoms with Gasteiger partial charge in [-0.1, -0.05) is 13.8 Å². The van der Waals surface area contributed by atoms with Crippen LogP contribution in [0.5, 0.6) is 0 Å². The molecule has 1 fully saturated rings. The van der Waals surface area contributed by atoms with E-state index < -0.39 is 0 Å². The highest BCUT2D eigenvalue weighted by Crippen LogP contribution is 2.35. The summed E-state index contributed by atoms with van der Waals surface area (Å²) in [5.41, 5.74) is 2.97. The fraction of sp³-hybridized carbons (Fsp3) is 1.00. The number of ether oxygens (including phenoxy) is 1. The minimum absolute atomic E-state index is 0.206. The molecule has 16 heavy (non-hydrogen) atoms. The maximum atomic E-state index is 5.70. The van der Waals surface area contributed by atoms with Gasteiger partial charge in [0, 0.05) is 12.6 Å². The molecule has 0 saturated heterocycles. The molecule has 0 aromatic carbocycles. The third-order valence-corrected chi connectivity index (χ3v) is 3.85. The third kappa shape index (κ3) is 3.72. The van der Waals surface area contributed by atoms with Crippen LogP contribution in [0.15, 0.2) is 0 Å². The Balaban J connectivity index is 2.57. The Labute approximate surface area is 100 Å². The van der Waals surface area contributed by atoms with E-state index in [0.717, 1.165) is 18.4 Å². The number of nitrogens with two attached hydrogens (primary N) is 1. The van der Waals surface area contributed by atoms with Crippen molar-refractivity contribution in [2.75, 3.05) is 6.61 Å². The van der Waals surface area contributed by atoms with Crippen molar-refractivity contribution in [3.63, 3.8) is 0 Å². The molecule has 0 bridgehead atoms. The predicted molar refractivity (Wildman–Crippen MR) is 67.9 cm³/mol. The molecule has 1 rings (SSSR count). The Bertz CT molecular complexity index is 188. The Kier molecular flexibility index (Phi) is 5.73. The lowest BCUT2D eigenvalue weighted by atomic mass is 9.73. The van der Waals surface area contributed by atoms with E-state index in [9.17, 15) is 0 Å². The zero-order valence-corrected chi connectivity index (χ0v) is 11.2. The fourth-order valence-corrected chi connectivity index (χ4v) is 3.32. The first-order chi connectivity index (χ1) is 7.58. The largest absolute Gasteiger partial charge is 0.377 e. The van der Waals surface area contributed by atoms with Crippen LogP contribution in [0, 0.1) is 17.8 Å². The molecular formula is C13H28N2O. The maximum absolute atomic E-state index is 5.70. The van der Waals surface area contributed by atoms with Gasteiger partial charge < -0.3 is 4.74 Å². The van der Waals surface area contributed by atoms with Crippen LogP contribution in [-0.4, -0.2) is 18.8 Å². The van der Waals surface area contributed by atoms with E-state index in [1.807, 2.05) is 6.92 Å². The van der Waals surface area contributed by atoms with E-state index >= 15 is 0 Å². The van der Waals surface area contributed by atoms with Gasteiger partial charge in [0.15, 0.2) is 0 Å². The van der Waals surface area contributed by atoms with Gasteiger partial charge in [0.2, 0.25) is 0 Å². The zero-order valence-electron chi connectivity index (χ0n) is 11.2. The molecule has 3 heteroatoms. The second kappa shape index (κ2) is 6.58. The Hall–Kier alpha value is -0.120. The summed E-state index contributed by atoms with van der Waals surface area (Å²) < 4.78 is 5.68. The molecule has 0 heterocycles. The number of hydrogen-bond acceptors (Lipinski definition) is 3. The van der Waals surface area contributed by atoms with Crippen molar-refractivity contribution in [2.24, 2.45) is 23.6 Å². The smallest absolute Gasteiger partial charge is 0.0715 e. The average Bonchev–Trinajstić information content (AvgIpc) is 2.17. The quantitative estimate of drug-likeness (QED) is 0.561. The van der Waals surface area contributed by atoms with E-state index in [1.54, 1.807) is 0 Å². The molecule has 3 N–H and O–H groups in total. The van der Waals surface area contributed by atoms with Crippen LogP contribution in [0.3, 0.4) is 0 Å². The van der Waals surface area contributed by atoms with Crippen molar-refractivity contribution in [3.8, 4) is 0 Å². The summed E-state index contributed by atoms with van der Waals surface area (Å²) in [6, 6.07) is 0.296. The fourth-order valence-electron chi connectivity index (χ4n) is 3.32. The summed E-state index contributed by atoms with van der Waals surface area (Å²) in [4.78, 5) is 0. The number of nitrogens with one attached hydrogen (secondary N) is 1. The second-order valence-electron chi connectivity index (χ2n) is 5.53. The highest BCUT2D eigenvalue weighted by Gasteiger charge is 2.32. The topological polar surface area (TPSA) is 47.3 Å². The third-order valence-electron chi connectivity index (χ3n) is 3.85. The van der Waals surface area contributed by atoms with Gasteiger partial charge in [-0.25, -0.2) is 0 Å². The molecule has 1 aliphatic carbocycles. The molecule has 0 spiro atoms. The summed E-state index contributed by atoms with van der Waals surface area (Å²) >= 11 is 0. The SMILES string of the molecule is CCOC(C)C(NN)C1CC(C)CC(C)C1. The Morgan fingerprint density at radius 2 is 1.81 bits per heavy atom. The maximum Gasteiger partial charge on any atom is 0.0715 e. The summed E-state index contributed by atoms with van der Waals surface area (Å²) in [7, 11) is 0. The van der Waals surface area contributed by atoms with E-state index in [-0.39, 0.29) is 6.10 Å². The number of hydrogen-bond donors (Lipinski definition) is 2. The first-order valence-electron chi connectivity index (χ1n) is 6.66. The van der Waals surface area contributed by atoms with Crippen molar-refractivity contribution >= 4 is 0 Å². The van der Waals surface area contributed by atoms with Crippen molar-refractivity contribution in [1.82, 2.24) is 5.43 Å². The van der Waals surface area contributed by atoms with Gasteiger partial charge >= 0.3 is 0 Å². The summed E-state index contributed by atoms with van der Waals surface area (Å²) in [6.07, 6.45) is 4.11. The molecule has 1 aliphatic rings. The highest BCUT2D eigenvalue weighted by molar-refractivity contribution is 4.86. The Morgan fingerprint density at radius 1 is 1.25 bits per heavy atom. The molecule has 0 aliphatic heterocycles. The number of hydrazine groups is 1. The normalized spacial score (nSPS) is 34.7. The van der Waals surface area contributed by atoms with Crippen LogP contribution in [-0.2, 0) is 4.74 Å². The first-order valence-corrected chi connectivity index (χ1v) is 6.66. The van der Waals surface area contributed by atoms with E-state index in [4.69, 9.17) is 10.6 Å². The minimum Gasteiger partial charge on any atom is -0.377 e. The lowest BCUT2D eigenvalue weighted by Gasteiger charge is -2.38. The van der Waals surface area contributed by atoms with E-state index in [0.29, 0.717) is 12.0 Å². The second-order valence-corrected chi connectivity index (χ2v) is 5.53. The van der Waals surface area contributed by atoms with Gasteiger partial charge in [-0.15, -0.1) is 0 Å². The minimum atomic E-state index is 0.206. The monoisotopic (exact) mass is 228 g/mol. The standard InChI is InChI=1S/C13H28N2O/c1-5-16-11(4)13(15-14)12-7-9(2)6-10(3)8-12/h9-13,15H,5-8,14H2,1-4H3. The summed E-state index contributed by atoms with van der Waals surface area (Å²) in [6.45, 7) is 9.62. The van der Waals surface area contributed by atoms with Crippen LogP contribution < -0.4 is 11.3 Å². The van der Waals surface area contributed by atoms with Gasteiger partial charge in [-0.3, -0.25) is 11.3 Å². The Morgan fingerprint density at radius 3 is 2.25 bits per heavy atom. The predicted octanol–water partition coefficient (Wildman–Crippen LogP) is 2.32. The van der Waals surface area contributed by atoms with Gasteiger partial charge in [0.25, 0.3) is 0 Å². The average molecular weight is 228 g/mol. The molecule has 0 aromatic rings. The van der Waals surface area contributed by atoms with Crippen LogP contribution in [0.25, 0.3) is 0 Å². The van der Waals surface area contributed by atoms with Crippen molar-refractivity contribution < 1.29 is 4.74 Å². The van der Waals surface area contributed by atoms with Crippen LogP contribution >= 0.6 is 0 Å². The van der Waals surface area contributed by atoms with Gasteiger partial charge in [-0.2, -0.15) is 0 Å². The molecule has 0 aromatic heterocycles. The van der Waals surface area contributed by atoms with Gasteiger partial charge in [0.1, 0.15) is 0 Å². The van der Waals surface area contributed by atoms with E-state index in [2.05, 4.69) is 26.2 Å². The molecular weight excluding hydrogens is 200 g/mol. The van der Waals surface area contributed by atoms with Gasteiger partial charge in [0.05, 0.1) is 6.10 Å². The molecule has 0 amide bonds. The van der Waals surface area contributed by atoms with Crippen LogP contribution in [0.2, 0.25) is 0 Å². The molecule has 4 atom stereocenters. The molecule has 96 valence electrons. The van der Waals surface area contributed by atoms with Crippen molar-refractivity contribution in [1.29, 1.82) is 0 Å². The molecule has 3 nitrogen and oxygen atoms in total. The lowest BCUT2D eigenvalue weighted by Crippen LogP contribution is -2.50.